The van der Waals surface area contributed by atoms with E-state index in [2.05, 4.69) is 10.4 Å². The van der Waals surface area contributed by atoms with Crippen LogP contribution in [0.4, 0.5) is 5.69 Å². The van der Waals surface area contributed by atoms with Crippen LogP contribution < -0.4 is 5.32 Å². The molecule has 0 spiro atoms. The van der Waals surface area contributed by atoms with Gasteiger partial charge in [-0.25, -0.2) is 0 Å². The number of aryl methyl sites for hydroxylation is 1. The van der Waals surface area contributed by atoms with Crippen molar-refractivity contribution in [3.63, 3.8) is 0 Å². The van der Waals surface area contributed by atoms with Gasteiger partial charge in [-0.05, 0) is 24.1 Å². The molecular formula is C13H17N3O. The maximum absolute atomic E-state index is 8.82. The van der Waals surface area contributed by atoms with Gasteiger partial charge in [-0.2, -0.15) is 5.10 Å². The van der Waals surface area contributed by atoms with E-state index in [-0.39, 0.29) is 6.61 Å². The first-order valence-corrected chi connectivity index (χ1v) is 5.69. The molecule has 4 nitrogen and oxygen atoms in total. The largest absolute Gasteiger partial charge is 0.396 e. The van der Waals surface area contributed by atoms with E-state index in [9.17, 15) is 0 Å². The second-order valence-corrected chi connectivity index (χ2v) is 4.05. The molecule has 0 saturated heterocycles. The van der Waals surface area contributed by atoms with Crippen LogP contribution in [0.25, 0.3) is 0 Å². The summed E-state index contributed by atoms with van der Waals surface area (Å²) in [7, 11) is 1.91. The Hall–Kier alpha value is -1.81. The average Bonchev–Trinajstić information content (AvgIpc) is 2.75. The molecule has 1 aromatic carbocycles. The Balaban J connectivity index is 1.90. The summed E-state index contributed by atoms with van der Waals surface area (Å²) in [5.74, 6) is 0. The standard InChI is InChI=1S/C13H17N3O/c1-16-10-12(9-15-16)8-14-13-4-2-11(3-5-13)6-7-17/h2-5,9-10,14,17H,6-8H2,1H3. The van der Waals surface area contributed by atoms with Gasteiger partial charge < -0.3 is 10.4 Å². The lowest BCUT2D eigenvalue weighted by Gasteiger charge is -2.05. The van der Waals surface area contributed by atoms with Crippen LogP contribution in [0.15, 0.2) is 36.7 Å². The highest BCUT2D eigenvalue weighted by atomic mass is 16.2. The number of anilines is 1. The second-order valence-electron chi connectivity index (χ2n) is 4.05. The maximum atomic E-state index is 8.82. The van der Waals surface area contributed by atoms with Crippen LogP contribution >= 0.6 is 0 Å². The number of nitrogens with one attached hydrogen (secondary N) is 1. The van der Waals surface area contributed by atoms with Gasteiger partial charge in [-0.3, -0.25) is 4.68 Å². The summed E-state index contributed by atoms with van der Waals surface area (Å²) in [5, 5.41) is 16.3. The van der Waals surface area contributed by atoms with E-state index >= 15 is 0 Å². The zero-order chi connectivity index (χ0) is 12.1. The minimum absolute atomic E-state index is 0.197. The molecule has 2 aromatic rings. The molecule has 0 aliphatic heterocycles. The third-order valence-electron chi connectivity index (χ3n) is 2.61. The van der Waals surface area contributed by atoms with E-state index in [0.29, 0.717) is 6.42 Å². The third kappa shape index (κ3) is 3.32. The number of aliphatic hydroxyl groups excluding tert-OH is 1. The second kappa shape index (κ2) is 5.50. The average molecular weight is 231 g/mol. The Labute approximate surface area is 101 Å². The number of aliphatic hydroxyl groups is 1. The van der Waals surface area contributed by atoms with Crippen molar-refractivity contribution < 1.29 is 5.11 Å². The van der Waals surface area contributed by atoms with Crippen molar-refractivity contribution in [1.82, 2.24) is 9.78 Å². The zero-order valence-electron chi connectivity index (χ0n) is 9.93. The summed E-state index contributed by atoms with van der Waals surface area (Å²) in [5.41, 5.74) is 3.39. The maximum Gasteiger partial charge on any atom is 0.0539 e. The fourth-order valence-electron chi connectivity index (χ4n) is 1.69. The van der Waals surface area contributed by atoms with E-state index in [1.54, 1.807) is 4.68 Å². The van der Waals surface area contributed by atoms with E-state index < -0.39 is 0 Å². The van der Waals surface area contributed by atoms with Crippen molar-refractivity contribution in [3.8, 4) is 0 Å². The van der Waals surface area contributed by atoms with Gasteiger partial charge in [0.1, 0.15) is 0 Å². The number of rotatable bonds is 5. The van der Waals surface area contributed by atoms with E-state index in [0.717, 1.165) is 23.4 Å². The smallest absolute Gasteiger partial charge is 0.0539 e. The van der Waals surface area contributed by atoms with E-state index in [1.165, 1.54) is 0 Å². The molecule has 0 atom stereocenters. The van der Waals surface area contributed by atoms with Gasteiger partial charge in [0, 0.05) is 37.6 Å². The fourth-order valence-corrected chi connectivity index (χ4v) is 1.69. The van der Waals surface area contributed by atoms with Crippen LogP contribution in [0.5, 0.6) is 0 Å². The zero-order valence-corrected chi connectivity index (χ0v) is 9.93. The quantitative estimate of drug-likeness (QED) is 0.821. The summed E-state index contributed by atoms with van der Waals surface area (Å²) >= 11 is 0. The summed E-state index contributed by atoms with van der Waals surface area (Å²) in [4.78, 5) is 0. The minimum atomic E-state index is 0.197. The molecule has 0 saturated carbocycles. The molecule has 2 rings (SSSR count). The van der Waals surface area contributed by atoms with Gasteiger partial charge in [-0.1, -0.05) is 12.1 Å². The highest BCUT2D eigenvalue weighted by Gasteiger charge is 1.97. The van der Waals surface area contributed by atoms with E-state index in [1.807, 2.05) is 43.7 Å². The fraction of sp³-hybridized carbons (Fsp3) is 0.308. The molecular weight excluding hydrogens is 214 g/mol. The molecule has 0 bridgehead atoms. The number of hydrogen-bond donors (Lipinski definition) is 2. The Kier molecular flexibility index (Phi) is 3.77. The lowest BCUT2D eigenvalue weighted by Crippen LogP contribution is -1.98. The van der Waals surface area contributed by atoms with Crippen LogP contribution in [0, 0.1) is 0 Å². The van der Waals surface area contributed by atoms with Crippen molar-refractivity contribution in [2.45, 2.75) is 13.0 Å². The Morgan fingerprint density at radius 1 is 1.24 bits per heavy atom. The normalized spacial score (nSPS) is 10.5. The summed E-state index contributed by atoms with van der Waals surface area (Å²) in [6.45, 7) is 0.968. The highest BCUT2D eigenvalue weighted by molar-refractivity contribution is 5.45. The van der Waals surface area contributed by atoms with Gasteiger partial charge >= 0.3 is 0 Å². The van der Waals surface area contributed by atoms with Crippen molar-refractivity contribution in [3.05, 3.63) is 47.8 Å². The minimum Gasteiger partial charge on any atom is -0.396 e. The van der Waals surface area contributed by atoms with Gasteiger partial charge in [-0.15, -0.1) is 0 Å². The van der Waals surface area contributed by atoms with E-state index in [4.69, 9.17) is 5.11 Å². The lowest BCUT2D eigenvalue weighted by atomic mass is 10.1. The van der Waals surface area contributed by atoms with Gasteiger partial charge in [0.25, 0.3) is 0 Å². The van der Waals surface area contributed by atoms with Crippen molar-refractivity contribution >= 4 is 5.69 Å². The molecule has 4 heteroatoms. The van der Waals surface area contributed by atoms with Crippen molar-refractivity contribution in [2.75, 3.05) is 11.9 Å². The lowest BCUT2D eigenvalue weighted by molar-refractivity contribution is 0.299. The number of nitrogens with zero attached hydrogens (tertiary/aromatic N) is 2. The Bertz CT molecular complexity index is 462. The SMILES string of the molecule is Cn1cc(CNc2ccc(CCO)cc2)cn1. The number of hydrogen-bond acceptors (Lipinski definition) is 3. The van der Waals surface area contributed by atoms with Crippen LogP contribution in [0.2, 0.25) is 0 Å². The molecule has 0 fully saturated rings. The van der Waals surface area contributed by atoms with Crippen molar-refractivity contribution in [2.24, 2.45) is 7.05 Å². The first-order valence-electron chi connectivity index (χ1n) is 5.69. The van der Waals surface area contributed by atoms with Crippen LogP contribution in [0.1, 0.15) is 11.1 Å². The first-order chi connectivity index (χ1) is 8.28. The summed E-state index contributed by atoms with van der Waals surface area (Å²) in [6.07, 6.45) is 4.56. The molecule has 1 aromatic heterocycles. The summed E-state index contributed by atoms with van der Waals surface area (Å²) < 4.78 is 1.79. The monoisotopic (exact) mass is 231 g/mol. The molecule has 0 radical (unpaired) electrons. The number of aromatic nitrogens is 2. The molecule has 0 unspecified atom stereocenters. The predicted molar refractivity (Wildman–Crippen MR) is 67.8 cm³/mol. The third-order valence-corrected chi connectivity index (χ3v) is 2.61. The molecule has 90 valence electrons. The Morgan fingerprint density at radius 2 is 2.00 bits per heavy atom. The molecule has 0 aliphatic carbocycles. The van der Waals surface area contributed by atoms with Crippen LogP contribution in [0.3, 0.4) is 0 Å². The van der Waals surface area contributed by atoms with Gasteiger partial charge in [0.05, 0.1) is 6.20 Å². The van der Waals surface area contributed by atoms with Crippen LogP contribution in [-0.4, -0.2) is 21.5 Å². The number of benzene rings is 1. The van der Waals surface area contributed by atoms with Crippen LogP contribution in [-0.2, 0) is 20.0 Å². The Morgan fingerprint density at radius 3 is 2.59 bits per heavy atom. The topological polar surface area (TPSA) is 50.1 Å². The highest BCUT2D eigenvalue weighted by Crippen LogP contribution is 2.11. The first kappa shape index (κ1) is 11.7. The molecule has 0 amide bonds. The van der Waals surface area contributed by atoms with Crippen molar-refractivity contribution in [1.29, 1.82) is 0 Å². The summed E-state index contributed by atoms with van der Waals surface area (Å²) in [6, 6.07) is 8.12. The molecule has 17 heavy (non-hydrogen) atoms. The molecule has 2 N–H and O–H groups in total. The molecule has 0 aliphatic rings. The predicted octanol–water partition coefficient (Wildman–Crippen LogP) is 1.57. The van der Waals surface area contributed by atoms with Gasteiger partial charge in [0.15, 0.2) is 0 Å². The van der Waals surface area contributed by atoms with Gasteiger partial charge in [0.2, 0.25) is 0 Å². The molecule has 1 heterocycles.